The van der Waals surface area contributed by atoms with Crippen molar-refractivity contribution in [3.05, 3.63) is 71.4 Å². The molecule has 2 N–H and O–H groups in total. The van der Waals surface area contributed by atoms with Crippen molar-refractivity contribution in [3.63, 3.8) is 0 Å². The minimum atomic E-state index is -0.0350. The summed E-state index contributed by atoms with van der Waals surface area (Å²) >= 11 is 0. The Morgan fingerprint density at radius 3 is 2.32 bits per heavy atom. The number of H-pyrrole nitrogens is 1. The molecule has 0 atom stereocenters. The van der Waals surface area contributed by atoms with Crippen LogP contribution in [0.1, 0.15) is 21.5 Å². The van der Waals surface area contributed by atoms with Crippen LogP contribution in [0.25, 0.3) is 11.3 Å². The first kappa shape index (κ1) is 20.8. The van der Waals surface area contributed by atoms with Gasteiger partial charge in [-0.1, -0.05) is 48.5 Å². The number of para-hydroxylation sites is 1. The monoisotopic (exact) mass is 417 g/mol. The summed E-state index contributed by atoms with van der Waals surface area (Å²) in [7, 11) is 0. The Kier molecular flexibility index (Phi) is 6.13. The number of aromatic nitrogens is 2. The van der Waals surface area contributed by atoms with Crippen molar-refractivity contribution in [1.29, 1.82) is 0 Å². The van der Waals surface area contributed by atoms with E-state index in [1.165, 1.54) is 0 Å². The number of benzene rings is 2. The third-order valence-corrected chi connectivity index (χ3v) is 5.70. The summed E-state index contributed by atoms with van der Waals surface area (Å²) in [6.07, 6.45) is 1.59. The summed E-state index contributed by atoms with van der Waals surface area (Å²) in [5.74, 6) is -0.0642. The van der Waals surface area contributed by atoms with Crippen LogP contribution in [0.4, 0.5) is 5.69 Å². The molecule has 3 aromatic rings. The minimum absolute atomic E-state index is 0.0293. The van der Waals surface area contributed by atoms with E-state index in [2.05, 4.69) is 20.4 Å². The molecule has 2 heterocycles. The Hall–Kier alpha value is -3.45. The maximum Gasteiger partial charge on any atom is 0.257 e. The Morgan fingerprint density at radius 1 is 0.968 bits per heavy atom. The van der Waals surface area contributed by atoms with Crippen LogP contribution in [-0.2, 0) is 4.79 Å². The van der Waals surface area contributed by atoms with Crippen LogP contribution >= 0.6 is 0 Å². The van der Waals surface area contributed by atoms with Crippen LogP contribution in [0, 0.1) is 13.8 Å². The summed E-state index contributed by atoms with van der Waals surface area (Å²) in [6.45, 7) is 6.77. The predicted octanol–water partition coefficient (Wildman–Crippen LogP) is 3.09. The molecule has 2 amide bonds. The quantitative estimate of drug-likeness (QED) is 0.669. The van der Waals surface area contributed by atoms with Crippen molar-refractivity contribution in [2.24, 2.45) is 0 Å². The van der Waals surface area contributed by atoms with Crippen molar-refractivity contribution in [1.82, 2.24) is 20.0 Å². The first-order valence-corrected chi connectivity index (χ1v) is 10.5. The van der Waals surface area contributed by atoms with Gasteiger partial charge in [0.1, 0.15) is 0 Å². The van der Waals surface area contributed by atoms with Gasteiger partial charge < -0.3 is 10.2 Å². The van der Waals surface area contributed by atoms with E-state index in [1.54, 1.807) is 6.20 Å². The fourth-order valence-corrected chi connectivity index (χ4v) is 3.95. The van der Waals surface area contributed by atoms with Gasteiger partial charge >= 0.3 is 0 Å². The Bertz CT molecular complexity index is 1050. The van der Waals surface area contributed by atoms with E-state index in [4.69, 9.17) is 0 Å². The van der Waals surface area contributed by atoms with Crippen LogP contribution in [0.15, 0.2) is 54.7 Å². The van der Waals surface area contributed by atoms with Gasteiger partial charge in [0, 0.05) is 37.4 Å². The van der Waals surface area contributed by atoms with E-state index in [9.17, 15) is 9.59 Å². The molecule has 7 nitrogen and oxygen atoms in total. The van der Waals surface area contributed by atoms with Crippen molar-refractivity contribution in [2.45, 2.75) is 13.8 Å². The van der Waals surface area contributed by atoms with Gasteiger partial charge in [-0.15, -0.1) is 0 Å². The average molecular weight is 418 g/mol. The van der Waals surface area contributed by atoms with Gasteiger partial charge in [0.2, 0.25) is 5.91 Å². The molecule has 0 spiro atoms. The van der Waals surface area contributed by atoms with Crippen molar-refractivity contribution >= 4 is 17.5 Å². The van der Waals surface area contributed by atoms with Crippen LogP contribution in [-0.4, -0.2) is 64.5 Å². The van der Waals surface area contributed by atoms with Crippen molar-refractivity contribution in [2.75, 3.05) is 38.0 Å². The lowest BCUT2D eigenvalue weighted by atomic mass is 10.1. The lowest BCUT2D eigenvalue weighted by Crippen LogP contribution is -2.50. The lowest BCUT2D eigenvalue weighted by molar-refractivity contribution is -0.117. The maximum absolute atomic E-state index is 13.1. The smallest absolute Gasteiger partial charge is 0.257 e. The molecule has 1 fully saturated rings. The fraction of sp³-hybridized carbons (Fsp3) is 0.292. The largest absolute Gasteiger partial charge is 0.336 e. The second-order valence-corrected chi connectivity index (χ2v) is 7.91. The van der Waals surface area contributed by atoms with E-state index < -0.39 is 0 Å². The van der Waals surface area contributed by atoms with E-state index in [-0.39, 0.29) is 11.8 Å². The molecular formula is C24H27N5O2. The zero-order chi connectivity index (χ0) is 21.8. The number of rotatable bonds is 5. The number of carbonyl (C=O) groups is 2. The predicted molar refractivity (Wildman–Crippen MR) is 121 cm³/mol. The number of aromatic amines is 1. The van der Waals surface area contributed by atoms with Gasteiger partial charge in [-0.05, 0) is 25.0 Å². The molecule has 0 unspecified atom stereocenters. The number of hydrogen-bond donors (Lipinski definition) is 2. The molecule has 4 rings (SSSR count). The molecule has 0 radical (unpaired) electrons. The summed E-state index contributed by atoms with van der Waals surface area (Å²) in [6, 6.07) is 15.7. The highest BCUT2D eigenvalue weighted by atomic mass is 16.2. The summed E-state index contributed by atoms with van der Waals surface area (Å²) in [5, 5.41) is 10.1. The van der Waals surface area contributed by atoms with Crippen LogP contribution < -0.4 is 5.32 Å². The molecule has 1 aliphatic rings. The number of aryl methyl sites for hydroxylation is 2. The van der Waals surface area contributed by atoms with Gasteiger partial charge in [-0.25, -0.2) is 0 Å². The first-order chi connectivity index (χ1) is 15.0. The molecule has 2 aromatic carbocycles. The van der Waals surface area contributed by atoms with Gasteiger partial charge in [0.15, 0.2) is 0 Å². The summed E-state index contributed by atoms with van der Waals surface area (Å²) in [5.41, 5.74) is 5.24. The van der Waals surface area contributed by atoms with E-state index in [0.717, 1.165) is 28.1 Å². The summed E-state index contributed by atoms with van der Waals surface area (Å²) in [4.78, 5) is 29.5. The number of nitrogens with zero attached hydrogens (tertiary/aromatic N) is 3. The SMILES string of the molecule is Cc1cccc(C)c1NC(=O)CN1CCN(C(=O)c2cn[nH]c2-c2ccccc2)CC1. The molecule has 160 valence electrons. The molecule has 0 aliphatic carbocycles. The lowest BCUT2D eigenvalue weighted by Gasteiger charge is -2.34. The molecule has 1 saturated heterocycles. The van der Waals surface area contributed by atoms with E-state index >= 15 is 0 Å². The second kappa shape index (κ2) is 9.14. The van der Waals surface area contributed by atoms with Crippen molar-refractivity contribution < 1.29 is 9.59 Å². The van der Waals surface area contributed by atoms with Crippen LogP contribution in [0.5, 0.6) is 0 Å². The van der Waals surface area contributed by atoms with Gasteiger partial charge in [-0.3, -0.25) is 19.6 Å². The van der Waals surface area contributed by atoms with Gasteiger partial charge in [0.25, 0.3) is 5.91 Å². The highest BCUT2D eigenvalue weighted by Crippen LogP contribution is 2.23. The number of amides is 2. The average Bonchev–Trinajstić information content (AvgIpc) is 3.27. The normalized spacial score (nSPS) is 14.5. The molecule has 31 heavy (non-hydrogen) atoms. The van der Waals surface area contributed by atoms with Crippen molar-refractivity contribution in [3.8, 4) is 11.3 Å². The Morgan fingerprint density at radius 2 is 1.65 bits per heavy atom. The molecule has 1 aromatic heterocycles. The zero-order valence-electron chi connectivity index (χ0n) is 17.9. The Labute approximate surface area is 182 Å². The minimum Gasteiger partial charge on any atom is -0.336 e. The van der Waals surface area contributed by atoms with Crippen LogP contribution in [0.3, 0.4) is 0 Å². The molecule has 7 heteroatoms. The maximum atomic E-state index is 13.1. The van der Waals surface area contributed by atoms with Crippen LogP contribution in [0.2, 0.25) is 0 Å². The van der Waals surface area contributed by atoms with E-state index in [1.807, 2.05) is 67.3 Å². The third kappa shape index (κ3) is 4.67. The Balaban J connectivity index is 1.34. The van der Waals surface area contributed by atoms with Gasteiger partial charge in [0.05, 0.1) is 24.0 Å². The number of hydrogen-bond acceptors (Lipinski definition) is 4. The highest BCUT2D eigenvalue weighted by molar-refractivity contribution is 6.00. The standard InChI is InChI=1S/C24H27N5O2/c1-17-7-6-8-18(2)22(17)26-21(30)16-28-11-13-29(14-12-28)24(31)20-15-25-27-23(20)19-9-4-3-5-10-19/h3-10,15H,11-14,16H2,1-2H3,(H,25,27)(H,26,30). The highest BCUT2D eigenvalue weighted by Gasteiger charge is 2.26. The molecule has 0 saturated carbocycles. The number of anilines is 1. The molecular weight excluding hydrogens is 390 g/mol. The zero-order valence-corrected chi connectivity index (χ0v) is 17.9. The fourth-order valence-electron chi connectivity index (χ4n) is 3.95. The molecule has 0 bridgehead atoms. The topological polar surface area (TPSA) is 81.3 Å². The van der Waals surface area contributed by atoms with E-state index in [0.29, 0.717) is 38.3 Å². The second-order valence-electron chi connectivity index (χ2n) is 7.91. The van der Waals surface area contributed by atoms with Gasteiger partial charge in [-0.2, -0.15) is 5.10 Å². The summed E-state index contributed by atoms with van der Waals surface area (Å²) < 4.78 is 0. The number of nitrogens with one attached hydrogen (secondary N) is 2. The molecule has 1 aliphatic heterocycles. The number of piperazine rings is 1. The first-order valence-electron chi connectivity index (χ1n) is 10.5. The third-order valence-electron chi connectivity index (χ3n) is 5.70. The number of carbonyl (C=O) groups excluding carboxylic acids is 2.